The average Bonchev–Trinajstić information content (AvgIpc) is 2.18. The van der Waals surface area contributed by atoms with Crippen LogP contribution in [0.3, 0.4) is 0 Å². The fourth-order valence-electron chi connectivity index (χ4n) is 1.83. The molecule has 4 heteroatoms. The Bertz CT molecular complexity index is 318. The first kappa shape index (κ1) is 11.6. The smallest absolute Gasteiger partial charge is 0.311 e. The quantitative estimate of drug-likeness (QED) is 0.682. The lowest BCUT2D eigenvalue weighted by atomic mass is 9.82. The van der Waals surface area contributed by atoms with Gasteiger partial charge in [-0.25, -0.2) is 0 Å². The lowest BCUT2D eigenvalue weighted by molar-refractivity contribution is -0.153. The molecule has 1 saturated heterocycles. The highest BCUT2D eigenvalue weighted by Crippen LogP contribution is 2.29. The highest BCUT2D eigenvalue weighted by molar-refractivity contribution is 5.81. The van der Waals surface area contributed by atoms with Crippen molar-refractivity contribution in [3.05, 3.63) is 0 Å². The summed E-state index contributed by atoms with van der Waals surface area (Å²) in [6.07, 6.45) is 6.44. The van der Waals surface area contributed by atoms with Gasteiger partial charge in [0.25, 0.3) is 0 Å². The number of hydrogen-bond acceptors (Lipinski definition) is 2. The Morgan fingerprint density at radius 1 is 1.60 bits per heavy atom. The van der Waals surface area contributed by atoms with Crippen LogP contribution in [0.25, 0.3) is 0 Å². The summed E-state index contributed by atoms with van der Waals surface area (Å²) in [6, 6.07) is 0. The number of carbonyl (C=O) groups is 2. The van der Waals surface area contributed by atoms with Gasteiger partial charge in [0.15, 0.2) is 0 Å². The average molecular weight is 209 g/mol. The molecular weight excluding hydrogens is 194 g/mol. The van der Waals surface area contributed by atoms with Gasteiger partial charge < -0.3 is 10.0 Å². The Kier molecular flexibility index (Phi) is 3.35. The highest BCUT2D eigenvalue weighted by atomic mass is 16.4. The number of carboxylic acid groups (broad SMARTS) is 1. The maximum atomic E-state index is 11.5. The lowest BCUT2D eigenvalue weighted by Gasteiger charge is -2.37. The molecule has 15 heavy (non-hydrogen) atoms. The van der Waals surface area contributed by atoms with Gasteiger partial charge in [0.1, 0.15) is 0 Å². The van der Waals surface area contributed by atoms with Crippen molar-refractivity contribution in [3.8, 4) is 12.3 Å². The molecule has 4 nitrogen and oxygen atoms in total. The van der Waals surface area contributed by atoms with Crippen molar-refractivity contribution in [2.45, 2.75) is 26.2 Å². The van der Waals surface area contributed by atoms with Gasteiger partial charge in [0.2, 0.25) is 5.91 Å². The van der Waals surface area contributed by atoms with Crippen LogP contribution >= 0.6 is 0 Å². The monoisotopic (exact) mass is 209 g/mol. The molecule has 1 fully saturated rings. The van der Waals surface area contributed by atoms with Gasteiger partial charge >= 0.3 is 5.97 Å². The van der Waals surface area contributed by atoms with Crippen LogP contribution in [0.4, 0.5) is 0 Å². The van der Waals surface area contributed by atoms with Crippen LogP contribution in [0.2, 0.25) is 0 Å². The molecule has 1 atom stereocenters. The number of carbonyl (C=O) groups excluding carboxylic acids is 1. The first-order valence-corrected chi connectivity index (χ1v) is 4.94. The molecule has 0 radical (unpaired) electrons. The summed E-state index contributed by atoms with van der Waals surface area (Å²) in [7, 11) is 0. The number of piperidine rings is 1. The second-order valence-electron chi connectivity index (χ2n) is 4.17. The standard InChI is InChI=1S/C11H15NO3/c1-3-5-9(13)12-7-4-6-11(2,8-12)10(14)15/h1H,4-8H2,2H3,(H,14,15). The van der Waals surface area contributed by atoms with Crippen LogP contribution in [0.1, 0.15) is 26.2 Å². The Hall–Kier alpha value is -1.50. The van der Waals surface area contributed by atoms with Gasteiger partial charge in [0.05, 0.1) is 11.8 Å². The third kappa shape index (κ3) is 2.50. The van der Waals surface area contributed by atoms with Crippen LogP contribution < -0.4 is 0 Å². The van der Waals surface area contributed by atoms with Crippen molar-refractivity contribution in [1.29, 1.82) is 0 Å². The third-order valence-electron chi connectivity index (χ3n) is 2.82. The maximum Gasteiger partial charge on any atom is 0.311 e. The van der Waals surface area contributed by atoms with E-state index in [-0.39, 0.29) is 18.9 Å². The number of carboxylic acids is 1. The summed E-state index contributed by atoms with van der Waals surface area (Å²) < 4.78 is 0. The van der Waals surface area contributed by atoms with E-state index < -0.39 is 11.4 Å². The summed E-state index contributed by atoms with van der Waals surface area (Å²) in [4.78, 5) is 24.1. The molecule has 0 aliphatic carbocycles. The molecule has 1 aliphatic heterocycles. The summed E-state index contributed by atoms with van der Waals surface area (Å²) in [5.41, 5.74) is -0.817. The van der Waals surface area contributed by atoms with Gasteiger partial charge in [-0.15, -0.1) is 6.42 Å². The van der Waals surface area contributed by atoms with E-state index in [0.29, 0.717) is 13.0 Å². The summed E-state index contributed by atoms with van der Waals surface area (Å²) in [6.45, 7) is 2.55. The minimum Gasteiger partial charge on any atom is -0.481 e. The Morgan fingerprint density at radius 2 is 2.27 bits per heavy atom. The molecule has 1 N–H and O–H groups in total. The number of rotatable bonds is 2. The molecule has 0 bridgehead atoms. The minimum absolute atomic E-state index is 0.0513. The van der Waals surface area contributed by atoms with E-state index in [1.807, 2.05) is 0 Å². The van der Waals surface area contributed by atoms with Crippen LogP contribution in [-0.4, -0.2) is 35.0 Å². The minimum atomic E-state index is -0.847. The van der Waals surface area contributed by atoms with E-state index in [0.717, 1.165) is 6.42 Å². The van der Waals surface area contributed by atoms with Crippen molar-refractivity contribution >= 4 is 11.9 Å². The SMILES string of the molecule is C#CCC(=O)N1CCCC(C)(C(=O)O)C1. The largest absolute Gasteiger partial charge is 0.481 e. The molecule has 1 amide bonds. The van der Waals surface area contributed by atoms with Crippen molar-refractivity contribution < 1.29 is 14.7 Å². The van der Waals surface area contributed by atoms with E-state index in [9.17, 15) is 9.59 Å². The summed E-state index contributed by atoms with van der Waals surface area (Å²) in [5.74, 6) is 1.29. The highest BCUT2D eigenvalue weighted by Gasteiger charge is 2.38. The zero-order valence-electron chi connectivity index (χ0n) is 8.82. The predicted molar refractivity (Wildman–Crippen MR) is 55.0 cm³/mol. The number of nitrogens with zero attached hydrogens (tertiary/aromatic N) is 1. The van der Waals surface area contributed by atoms with E-state index in [4.69, 9.17) is 11.5 Å². The second-order valence-corrected chi connectivity index (χ2v) is 4.17. The molecule has 0 aromatic rings. The molecule has 0 aromatic heterocycles. The third-order valence-corrected chi connectivity index (χ3v) is 2.82. The zero-order chi connectivity index (χ0) is 11.5. The molecule has 1 rings (SSSR count). The first-order chi connectivity index (χ1) is 6.99. The maximum absolute atomic E-state index is 11.5. The van der Waals surface area contributed by atoms with Gasteiger partial charge in [-0.1, -0.05) is 5.92 Å². The van der Waals surface area contributed by atoms with Crippen LogP contribution in [0, 0.1) is 17.8 Å². The Morgan fingerprint density at radius 3 is 2.80 bits per heavy atom. The molecule has 1 heterocycles. The van der Waals surface area contributed by atoms with Crippen molar-refractivity contribution in [2.75, 3.05) is 13.1 Å². The van der Waals surface area contributed by atoms with Crippen LogP contribution in [0.5, 0.6) is 0 Å². The fourth-order valence-corrected chi connectivity index (χ4v) is 1.83. The predicted octanol–water partition coefficient (Wildman–Crippen LogP) is 0.723. The lowest BCUT2D eigenvalue weighted by Crippen LogP contribution is -2.48. The fraction of sp³-hybridized carbons (Fsp3) is 0.636. The molecular formula is C11H15NO3. The number of amides is 1. The van der Waals surface area contributed by atoms with Gasteiger partial charge in [-0.2, -0.15) is 0 Å². The van der Waals surface area contributed by atoms with E-state index in [1.165, 1.54) is 0 Å². The second kappa shape index (κ2) is 4.35. The van der Waals surface area contributed by atoms with E-state index in [1.54, 1.807) is 11.8 Å². The summed E-state index contributed by atoms with van der Waals surface area (Å²) in [5, 5.41) is 9.05. The molecule has 0 aromatic carbocycles. The first-order valence-electron chi connectivity index (χ1n) is 4.94. The van der Waals surface area contributed by atoms with Crippen LogP contribution in [0.15, 0.2) is 0 Å². The van der Waals surface area contributed by atoms with E-state index in [2.05, 4.69) is 5.92 Å². The summed E-state index contributed by atoms with van der Waals surface area (Å²) >= 11 is 0. The van der Waals surface area contributed by atoms with Crippen molar-refractivity contribution in [1.82, 2.24) is 4.90 Å². The Labute approximate surface area is 89.3 Å². The molecule has 1 aliphatic rings. The molecule has 82 valence electrons. The van der Waals surface area contributed by atoms with Gasteiger partial charge in [0, 0.05) is 13.1 Å². The van der Waals surface area contributed by atoms with Gasteiger partial charge in [-0.3, -0.25) is 9.59 Å². The number of hydrogen-bond donors (Lipinski definition) is 1. The van der Waals surface area contributed by atoms with Crippen molar-refractivity contribution in [2.24, 2.45) is 5.41 Å². The number of terminal acetylenes is 1. The van der Waals surface area contributed by atoms with Crippen molar-refractivity contribution in [3.63, 3.8) is 0 Å². The van der Waals surface area contributed by atoms with E-state index >= 15 is 0 Å². The molecule has 0 saturated carbocycles. The molecule has 0 spiro atoms. The number of likely N-dealkylation sites (tertiary alicyclic amines) is 1. The normalized spacial score (nSPS) is 25.7. The van der Waals surface area contributed by atoms with Crippen LogP contribution in [-0.2, 0) is 9.59 Å². The topological polar surface area (TPSA) is 57.6 Å². The number of aliphatic carboxylic acids is 1. The Balaban J connectivity index is 2.68. The zero-order valence-corrected chi connectivity index (χ0v) is 8.82. The van der Waals surface area contributed by atoms with Gasteiger partial charge in [-0.05, 0) is 19.8 Å². The molecule has 1 unspecified atom stereocenters.